The highest BCUT2D eigenvalue weighted by Gasteiger charge is 2.30. The largest absolute Gasteiger partial charge is 0.481 e. The number of nitrogens with one attached hydrogen (secondary N) is 2. The molecule has 0 fully saturated rings. The molecule has 0 aliphatic carbocycles. The van der Waals surface area contributed by atoms with E-state index in [1.54, 1.807) is 6.92 Å². The van der Waals surface area contributed by atoms with Crippen molar-refractivity contribution in [1.29, 1.82) is 0 Å². The Morgan fingerprint density at radius 1 is 1.28 bits per heavy atom. The Hall–Kier alpha value is -1.47. The van der Waals surface area contributed by atoms with E-state index >= 15 is 0 Å². The van der Waals surface area contributed by atoms with E-state index in [2.05, 4.69) is 10.6 Å². The van der Waals surface area contributed by atoms with Gasteiger partial charge in [-0.2, -0.15) is 13.2 Å². The predicted molar refractivity (Wildman–Crippen MR) is 58.1 cm³/mol. The standard InChI is InChI=1S/C10H17F3N2O3/c1-6(3-8(16)17)5-14-9(18)15-7(2)4-10(11,12)13/h6-7H,3-5H2,1-2H3,(H,16,17)(H2,14,15,18). The van der Waals surface area contributed by atoms with E-state index in [-0.39, 0.29) is 18.9 Å². The van der Waals surface area contributed by atoms with E-state index in [1.165, 1.54) is 6.92 Å². The van der Waals surface area contributed by atoms with Crippen molar-refractivity contribution in [2.45, 2.75) is 38.9 Å². The number of hydrogen-bond donors (Lipinski definition) is 3. The Kier molecular flexibility index (Phi) is 6.50. The molecule has 0 aliphatic heterocycles. The normalized spacial score (nSPS) is 14.7. The first-order valence-electron chi connectivity index (χ1n) is 5.43. The SMILES string of the molecule is CC(CNC(=O)NC(C)CC(F)(F)F)CC(=O)O. The van der Waals surface area contributed by atoms with Crippen LogP contribution in [0.25, 0.3) is 0 Å². The number of urea groups is 1. The van der Waals surface area contributed by atoms with E-state index in [4.69, 9.17) is 5.11 Å². The first-order valence-corrected chi connectivity index (χ1v) is 5.43. The summed E-state index contributed by atoms with van der Waals surface area (Å²) >= 11 is 0. The Labute approximate surface area is 103 Å². The second-order valence-electron chi connectivity index (χ2n) is 4.28. The molecule has 2 amide bonds. The first-order chi connectivity index (χ1) is 8.10. The summed E-state index contributed by atoms with van der Waals surface area (Å²) in [7, 11) is 0. The summed E-state index contributed by atoms with van der Waals surface area (Å²) in [5.41, 5.74) is 0. The summed E-state index contributed by atoms with van der Waals surface area (Å²) in [6.45, 7) is 2.96. The van der Waals surface area contributed by atoms with Gasteiger partial charge >= 0.3 is 18.2 Å². The predicted octanol–water partition coefficient (Wildman–Crippen LogP) is 1.74. The number of aliphatic carboxylic acids is 1. The minimum atomic E-state index is -4.33. The average molecular weight is 270 g/mol. The molecule has 0 bridgehead atoms. The third-order valence-corrected chi connectivity index (χ3v) is 2.05. The maximum atomic E-state index is 12.0. The number of carbonyl (C=O) groups is 2. The summed E-state index contributed by atoms with van der Waals surface area (Å²) in [4.78, 5) is 21.5. The molecule has 2 atom stereocenters. The van der Waals surface area contributed by atoms with E-state index in [9.17, 15) is 22.8 Å². The maximum Gasteiger partial charge on any atom is 0.391 e. The van der Waals surface area contributed by atoms with Gasteiger partial charge in [0.1, 0.15) is 0 Å². The minimum Gasteiger partial charge on any atom is -0.481 e. The molecule has 0 heterocycles. The van der Waals surface area contributed by atoms with Crippen LogP contribution in [-0.2, 0) is 4.79 Å². The average Bonchev–Trinajstić information content (AvgIpc) is 2.10. The topological polar surface area (TPSA) is 78.4 Å². The fourth-order valence-corrected chi connectivity index (χ4v) is 1.31. The van der Waals surface area contributed by atoms with Gasteiger partial charge in [0.25, 0.3) is 0 Å². The lowest BCUT2D eigenvalue weighted by molar-refractivity contribution is -0.139. The van der Waals surface area contributed by atoms with E-state index in [0.717, 1.165) is 0 Å². The molecule has 8 heteroatoms. The Morgan fingerprint density at radius 3 is 2.28 bits per heavy atom. The van der Waals surface area contributed by atoms with Crippen LogP contribution in [0.1, 0.15) is 26.7 Å². The molecule has 106 valence electrons. The van der Waals surface area contributed by atoms with Crippen molar-refractivity contribution in [2.75, 3.05) is 6.54 Å². The lowest BCUT2D eigenvalue weighted by atomic mass is 10.1. The fourth-order valence-electron chi connectivity index (χ4n) is 1.31. The quantitative estimate of drug-likeness (QED) is 0.688. The number of halogens is 3. The van der Waals surface area contributed by atoms with Gasteiger partial charge in [-0.1, -0.05) is 6.92 Å². The molecule has 0 aliphatic rings. The molecule has 18 heavy (non-hydrogen) atoms. The van der Waals surface area contributed by atoms with Crippen molar-refractivity contribution in [1.82, 2.24) is 10.6 Å². The van der Waals surface area contributed by atoms with Crippen molar-refractivity contribution in [3.8, 4) is 0 Å². The summed E-state index contributed by atoms with van der Waals surface area (Å²) in [6.07, 6.45) is -5.55. The van der Waals surface area contributed by atoms with Crippen molar-refractivity contribution < 1.29 is 27.9 Å². The number of carbonyl (C=O) groups excluding carboxylic acids is 1. The summed E-state index contributed by atoms with van der Waals surface area (Å²) in [6, 6.07) is -1.76. The first kappa shape index (κ1) is 16.5. The number of alkyl halides is 3. The molecule has 3 N–H and O–H groups in total. The molecule has 0 rings (SSSR count). The van der Waals surface area contributed by atoms with Gasteiger partial charge in [0, 0.05) is 19.0 Å². The fraction of sp³-hybridized carbons (Fsp3) is 0.800. The molecule has 2 unspecified atom stereocenters. The van der Waals surface area contributed by atoms with Crippen molar-refractivity contribution in [3.05, 3.63) is 0 Å². The van der Waals surface area contributed by atoms with Crippen LogP contribution in [0.4, 0.5) is 18.0 Å². The van der Waals surface area contributed by atoms with Crippen LogP contribution < -0.4 is 10.6 Å². The molecular formula is C10H17F3N2O3. The highest BCUT2D eigenvalue weighted by Crippen LogP contribution is 2.21. The van der Waals surface area contributed by atoms with Gasteiger partial charge in [-0.3, -0.25) is 4.79 Å². The van der Waals surface area contributed by atoms with Crippen LogP contribution in [0.15, 0.2) is 0 Å². The molecule has 0 aromatic carbocycles. The van der Waals surface area contributed by atoms with Gasteiger partial charge in [0.15, 0.2) is 0 Å². The zero-order valence-electron chi connectivity index (χ0n) is 10.2. The smallest absolute Gasteiger partial charge is 0.391 e. The lowest BCUT2D eigenvalue weighted by Crippen LogP contribution is -2.43. The van der Waals surface area contributed by atoms with Crippen molar-refractivity contribution in [2.24, 2.45) is 5.92 Å². The summed E-state index contributed by atoms with van der Waals surface area (Å²) in [5, 5.41) is 12.9. The summed E-state index contributed by atoms with van der Waals surface area (Å²) < 4.78 is 35.9. The lowest BCUT2D eigenvalue weighted by Gasteiger charge is -2.17. The Balaban J connectivity index is 3.87. The third kappa shape index (κ3) is 9.73. The minimum absolute atomic E-state index is 0.0941. The van der Waals surface area contributed by atoms with Crippen LogP contribution >= 0.6 is 0 Å². The van der Waals surface area contributed by atoms with Crippen LogP contribution in [0, 0.1) is 5.92 Å². The molecule has 0 aromatic rings. The highest BCUT2D eigenvalue weighted by atomic mass is 19.4. The second kappa shape index (κ2) is 7.07. The van der Waals surface area contributed by atoms with E-state index in [1.807, 2.05) is 0 Å². The third-order valence-electron chi connectivity index (χ3n) is 2.05. The number of carboxylic acid groups (broad SMARTS) is 1. The summed E-state index contributed by atoms with van der Waals surface area (Å²) in [5.74, 6) is -1.28. The van der Waals surface area contributed by atoms with Crippen LogP contribution in [0.3, 0.4) is 0 Å². The van der Waals surface area contributed by atoms with Gasteiger partial charge in [0.05, 0.1) is 6.42 Å². The zero-order valence-corrected chi connectivity index (χ0v) is 10.2. The number of amides is 2. The zero-order chi connectivity index (χ0) is 14.3. The molecule has 5 nitrogen and oxygen atoms in total. The second-order valence-corrected chi connectivity index (χ2v) is 4.28. The molecular weight excluding hydrogens is 253 g/mol. The monoisotopic (exact) mass is 270 g/mol. The molecule has 0 spiro atoms. The van der Waals surface area contributed by atoms with Gasteiger partial charge in [-0.05, 0) is 12.8 Å². The molecule has 0 saturated heterocycles. The maximum absolute atomic E-state index is 12.0. The highest BCUT2D eigenvalue weighted by molar-refractivity contribution is 5.74. The van der Waals surface area contributed by atoms with Crippen LogP contribution in [-0.4, -0.2) is 35.9 Å². The van der Waals surface area contributed by atoms with E-state index in [0.29, 0.717) is 0 Å². The van der Waals surface area contributed by atoms with Crippen LogP contribution in [0.5, 0.6) is 0 Å². The number of rotatable bonds is 6. The van der Waals surface area contributed by atoms with Crippen molar-refractivity contribution >= 4 is 12.0 Å². The van der Waals surface area contributed by atoms with Gasteiger partial charge in [0.2, 0.25) is 0 Å². The van der Waals surface area contributed by atoms with Gasteiger partial charge in [-0.15, -0.1) is 0 Å². The molecule has 0 aromatic heterocycles. The molecule has 0 saturated carbocycles. The van der Waals surface area contributed by atoms with Crippen molar-refractivity contribution in [3.63, 3.8) is 0 Å². The van der Waals surface area contributed by atoms with E-state index < -0.39 is 30.6 Å². The van der Waals surface area contributed by atoms with Gasteiger partial charge < -0.3 is 15.7 Å². The van der Waals surface area contributed by atoms with Gasteiger partial charge in [-0.25, -0.2) is 4.79 Å². The van der Waals surface area contributed by atoms with Crippen LogP contribution in [0.2, 0.25) is 0 Å². The number of carboxylic acids is 1. The number of hydrogen-bond acceptors (Lipinski definition) is 2. The Bertz CT molecular complexity index is 295. The molecule has 0 radical (unpaired) electrons. The Morgan fingerprint density at radius 2 is 1.83 bits per heavy atom.